The van der Waals surface area contributed by atoms with Crippen LogP contribution in [0.15, 0.2) is 35.4 Å². The van der Waals surface area contributed by atoms with Gasteiger partial charge in [0.25, 0.3) is 0 Å². The molecule has 0 spiro atoms. The smallest absolute Gasteiger partial charge is 0.164 e. The van der Waals surface area contributed by atoms with Gasteiger partial charge in [-0.25, -0.2) is 0 Å². The standard InChI is InChI=1S/C16H16Cl2N2O3/c1-21-14-8-16(23-3)15(22-2)6-10(14)9-19-20-11-4-5-12(17)13(18)7-11/h4-9,20H,1-3H3/b19-9-. The number of hydrogen-bond acceptors (Lipinski definition) is 5. The SMILES string of the molecule is COc1cc(OC)c(OC)cc1/C=N\Nc1ccc(Cl)c(Cl)c1. The molecule has 122 valence electrons. The van der Waals surface area contributed by atoms with Crippen LogP contribution in [0.1, 0.15) is 5.56 Å². The Kier molecular flexibility index (Phi) is 5.96. The second-order valence-electron chi connectivity index (χ2n) is 4.45. The molecule has 0 aliphatic carbocycles. The van der Waals surface area contributed by atoms with Crippen LogP contribution in [0, 0.1) is 0 Å². The number of benzene rings is 2. The van der Waals surface area contributed by atoms with Gasteiger partial charge in [0.1, 0.15) is 5.75 Å². The largest absolute Gasteiger partial charge is 0.496 e. The molecule has 0 aliphatic heterocycles. The molecule has 2 rings (SSSR count). The van der Waals surface area contributed by atoms with Crippen molar-refractivity contribution in [1.29, 1.82) is 0 Å². The number of nitrogens with zero attached hydrogens (tertiary/aromatic N) is 1. The van der Waals surface area contributed by atoms with Crippen molar-refractivity contribution in [2.45, 2.75) is 0 Å². The molecule has 0 radical (unpaired) electrons. The molecule has 2 aromatic rings. The van der Waals surface area contributed by atoms with E-state index in [2.05, 4.69) is 10.5 Å². The number of methoxy groups -OCH3 is 3. The Bertz CT molecular complexity index is 721. The molecule has 23 heavy (non-hydrogen) atoms. The van der Waals surface area contributed by atoms with Gasteiger partial charge in [-0.15, -0.1) is 0 Å². The van der Waals surface area contributed by atoms with E-state index in [1.807, 2.05) is 0 Å². The Balaban J connectivity index is 2.22. The fourth-order valence-electron chi connectivity index (χ4n) is 1.90. The lowest BCUT2D eigenvalue weighted by molar-refractivity contribution is 0.349. The molecule has 0 fully saturated rings. The van der Waals surface area contributed by atoms with Gasteiger partial charge in [-0.3, -0.25) is 5.43 Å². The summed E-state index contributed by atoms with van der Waals surface area (Å²) in [6.45, 7) is 0. The first-order valence-corrected chi connectivity index (χ1v) is 7.38. The fraction of sp³-hybridized carbons (Fsp3) is 0.188. The van der Waals surface area contributed by atoms with Crippen molar-refractivity contribution in [2.24, 2.45) is 5.10 Å². The second-order valence-corrected chi connectivity index (χ2v) is 5.26. The summed E-state index contributed by atoms with van der Waals surface area (Å²) in [6.07, 6.45) is 1.61. The van der Waals surface area contributed by atoms with Crippen molar-refractivity contribution in [1.82, 2.24) is 0 Å². The van der Waals surface area contributed by atoms with Crippen LogP contribution >= 0.6 is 23.2 Å². The first kappa shape index (κ1) is 17.2. The number of hydrogen-bond donors (Lipinski definition) is 1. The van der Waals surface area contributed by atoms with Crippen LogP contribution in [0.4, 0.5) is 5.69 Å². The van der Waals surface area contributed by atoms with Gasteiger partial charge in [0.2, 0.25) is 0 Å². The van der Waals surface area contributed by atoms with Gasteiger partial charge < -0.3 is 14.2 Å². The molecule has 0 aromatic heterocycles. The van der Waals surface area contributed by atoms with Gasteiger partial charge in [0.05, 0.1) is 43.3 Å². The number of halogens is 2. The number of ether oxygens (including phenoxy) is 3. The zero-order valence-corrected chi connectivity index (χ0v) is 14.4. The predicted molar refractivity (Wildman–Crippen MR) is 93.8 cm³/mol. The predicted octanol–water partition coefficient (Wildman–Crippen LogP) is 4.47. The Morgan fingerprint density at radius 2 is 1.52 bits per heavy atom. The van der Waals surface area contributed by atoms with Crippen molar-refractivity contribution < 1.29 is 14.2 Å². The summed E-state index contributed by atoms with van der Waals surface area (Å²) in [5, 5.41) is 5.11. The summed E-state index contributed by atoms with van der Waals surface area (Å²) in [5.41, 5.74) is 4.33. The van der Waals surface area contributed by atoms with Crippen LogP contribution in [0.25, 0.3) is 0 Å². The van der Waals surface area contributed by atoms with E-state index in [1.165, 1.54) is 0 Å². The van der Waals surface area contributed by atoms with Gasteiger partial charge in [-0.05, 0) is 24.3 Å². The average molecular weight is 355 g/mol. The minimum atomic E-state index is 0.454. The Morgan fingerprint density at radius 3 is 2.13 bits per heavy atom. The molecule has 0 amide bonds. The van der Waals surface area contributed by atoms with Crippen molar-refractivity contribution in [3.63, 3.8) is 0 Å². The first-order chi connectivity index (χ1) is 11.1. The van der Waals surface area contributed by atoms with E-state index in [1.54, 1.807) is 57.9 Å². The van der Waals surface area contributed by atoms with E-state index in [4.69, 9.17) is 37.4 Å². The van der Waals surface area contributed by atoms with E-state index in [9.17, 15) is 0 Å². The lowest BCUT2D eigenvalue weighted by atomic mass is 10.2. The normalized spacial score (nSPS) is 10.7. The molecular formula is C16H16Cl2N2O3. The zero-order valence-electron chi connectivity index (χ0n) is 12.9. The van der Waals surface area contributed by atoms with E-state index in [0.29, 0.717) is 27.3 Å². The highest BCUT2D eigenvalue weighted by atomic mass is 35.5. The van der Waals surface area contributed by atoms with Gasteiger partial charge in [-0.2, -0.15) is 5.10 Å². The number of hydrazone groups is 1. The van der Waals surface area contributed by atoms with Crippen LogP contribution in [0.5, 0.6) is 17.2 Å². The quantitative estimate of drug-likeness (QED) is 0.614. The maximum atomic E-state index is 5.96. The van der Waals surface area contributed by atoms with Gasteiger partial charge >= 0.3 is 0 Å². The number of anilines is 1. The fourth-order valence-corrected chi connectivity index (χ4v) is 2.19. The minimum Gasteiger partial charge on any atom is -0.496 e. The van der Waals surface area contributed by atoms with Gasteiger partial charge in [0.15, 0.2) is 11.5 Å². The van der Waals surface area contributed by atoms with Crippen molar-refractivity contribution in [2.75, 3.05) is 26.8 Å². The Labute approximate surface area is 144 Å². The van der Waals surface area contributed by atoms with Crippen molar-refractivity contribution in [3.8, 4) is 17.2 Å². The van der Waals surface area contributed by atoms with E-state index < -0.39 is 0 Å². The Morgan fingerprint density at radius 1 is 0.870 bits per heavy atom. The summed E-state index contributed by atoms with van der Waals surface area (Å²) < 4.78 is 15.8. The van der Waals surface area contributed by atoms with Crippen molar-refractivity contribution in [3.05, 3.63) is 45.9 Å². The van der Waals surface area contributed by atoms with E-state index >= 15 is 0 Å². The maximum absolute atomic E-state index is 5.96. The zero-order chi connectivity index (χ0) is 16.8. The highest BCUT2D eigenvalue weighted by Crippen LogP contribution is 2.33. The lowest BCUT2D eigenvalue weighted by Gasteiger charge is -2.11. The molecule has 0 unspecified atom stereocenters. The van der Waals surface area contributed by atoms with E-state index in [0.717, 1.165) is 11.3 Å². The summed E-state index contributed by atoms with van der Waals surface area (Å²) in [6, 6.07) is 8.67. The third-order valence-corrected chi connectivity index (χ3v) is 3.79. The summed E-state index contributed by atoms with van der Waals surface area (Å²) >= 11 is 11.8. The van der Waals surface area contributed by atoms with Crippen LogP contribution in [-0.2, 0) is 0 Å². The third kappa shape index (κ3) is 4.21. The average Bonchev–Trinajstić information content (AvgIpc) is 2.57. The summed E-state index contributed by atoms with van der Waals surface area (Å²) in [7, 11) is 4.71. The Hall–Kier alpha value is -2.11. The second kappa shape index (κ2) is 7.94. The molecular weight excluding hydrogens is 339 g/mol. The highest BCUT2D eigenvalue weighted by Gasteiger charge is 2.10. The molecule has 7 heteroatoms. The lowest BCUT2D eigenvalue weighted by Crippen LogP contribution is -1.98. The number of nitrogens with one attached hydrogen (secondary N) is 1. The molecule has 1 N–H and O–H groups in total. The van der Waals surface area contributed by atoms with Crippen LogP contribution in [-0.4, -0.2) is 27.5 Å². The monoisotopic (exact) mass is 354 g/mol. The summed E-state index contributed by atoms with van der Waals surface area (Å²) in [5.74, 6) is 1.78. The van der Waals surface area contributed by atoms with Crippen molar-refractivity contribution >= 4 is 35.1 Å². The molecule has 0 atom stereocenters. The van der Waals surface area contributed by atoms with Crippen LogP contribution in [0.2, 0.25) is 10.0 Å². The van der Waals surface area contributed by atoms with Gasteiger partial charge in [-0.1, -0.05) is 23.2 Å². The summed E-state index contributed by atoms with van der Waals surface area (Å²) in [4.78, 5) is 0. The van der Waals surface area contributed by atoms with E-state index in [-0.39, 0.29) is 0 Å². The molecule has 2 aromatic carbocycles. The number of rotatable bonds is 6. The van der Waals surface area contributed by atoms with Crippen LogP contribution < -0.4 is 19.6 Å². The third-order valence-electron chi connectivity index (χ3n) is 3.05. The molecule has 5 nitrogen and oxygen atoms in total. The molecule has 0 saturated heterocycles. The topological polar surface area (TPSA) is 52.1 Å². The molecule has 0 saturated carbocycles. The van der Waals surface area contributed by atoms with Gasteiger partial charge in [0, 0.05) is 11.6 Å². The maximum Gasteiger partial charge on any atom is 0.164 e. The molecule has 0 heterocycles. The molecule has 0 bridgehead atoms. The minimum absolute atomic E-state index is 0.454. The van der Waals surface area contributed by atoms with Crippen LogP contribution in [0.3, 0.4) is 0 Å². The highest BCUT2D eigenvalue weighted by molar-refractivity contribution is 6.42. The molecule has 0 aliphatic rings. The first-order valence-electron chi connectivity index (χ1n) is 6.63.